The topological polar surface area (TPSA) is 42.2 Å². The van der Waals surface area contributed by atoms with Crippen molar-refractivity contribution in [2.75, 3.05) is 13.1 Å². The summed E-state index contributed by atoms with van der Waals surface area (Å²) < 4.78 is 0. The molecule has 0 aromatic carbocycles. The van der Waals surface area contributed by atoms with Gasteiger partial charge in [-0.2, -0.15) is 0 Å². The first-order valence-corrected chi connectivity index (χ1v) is 6.98. The molecule has 0 saturated carbocycles. The molecule has 1 saturated heterocycles. The van der Waals surface area contributed by atoms with E-state index < -0.39 is 0 Å². The fraction of sp³-hybridized carbons (Fsp3) is 0.750. The Labute approximate surface area is 102 Å². The summed E-state index contributed by atoms with van der Waals surface area (Å²) in [5.41, 5.74) is 7.23. The first kappa shape index (κ1) is 12.0. The van der Waals surface area contributed by atoms with Gasteiger partial charge in [0, 0.05) is 31.1 Å². The molecule has 0 bridgehead atoms. The number of hydrogen-bond acceptors (Lipinski definition) is 4. The number of hydrogen-bond donors (Lipinski definition) is 1. The van der Waals surface area contributed by atoms with Crippen LogP contribution in [0.1, 0.15) is 31.0 Å². The Balaban J connectivity index is 1.89. The van der Waals surface area contributed by atoms with E-state index in [1.54, 1.807) is 11.3 Å². The Morgan fingerprint density at radius 3 is 3.00 bits per heavy atom. The summed E-state index contributed by atoms with van der Waals surface area (Å²) in [5, 5.41) is 3.47. The van der Waals surface area contributed by atoms with Gasteiger partial charge < -0.3 is 5.73 Å². The Kier molecular flexibility index (Phi) is 3.95. The fourth-order valence-corrected chi connectivity index (χ4v) is 3.09. The number of nitrogens with two attached hydrogens (primary N) is 1. The predicted molar refractivity (Wildman–Crippen MR) is 68.5 cm³/mol. The van der Waals surface area contributed by atoms with Gasteiger partial charge in [-0.25, -0.2) is 4.98 Å². The third-order valence-electron chi connectivity index (χ3n) is 3.19. The van der Waals surface area contributed by atoms with Crippen LogP contribution in [0.2, 0.25) is 0 Å². The molecule has 2 atom stereocenters. The highest BCUT2D eigenvalue weighted by molar-refractivity contribution is 7.09. The van der Waals surface area contributed by atoms with Crippen LogP contribution >= 0.6 is 11.3 Å². The average molecular weight is 239 g/mol. The molecule has 0 radical (unpaired) electrons. The van der Waals surface area contributed by atoms with Gasteiger partial charge in [-0.3, -0.25) is 4.90 Å². The third-order valence-corrected chi connectivity index (χ3v) is 4.15. The van der Waals surface area contributed by atoms with Gasteiger partial charge in [0.1, 0.15) is 0 Å². The summed E-state index contributed by atoms with van der Waals surface area (Å²) in [6.45, 7) is 7.53. The van der Waals surface area contributed by atoms with E-state index in [2.05, 4.69) is 29.1 Å². The lowest BCUT2D eigenvalue weighted by atomic mass is 10.1. The van der Waals surface area contributed by atoms with Crippen molar-refractivity contribution in [3.05, 3.63) is 16.1 Å². The van der Waals surface area contributed by atoms with Crippen molar-refractivity contribution in [2.24, 2.45) is 11.7 Å². The summed E-state index contributed by atoms with van der Waals surface area (Å²) in [7, 11) is 0. The minimum atomic E-state index is 0.341. The van der Waals surface area contributed by atoms with Gasteiger partial charge in [0.15, 0.2) is 0 Å². The molecule has 1 aliphatic rings. The van der Waals surface area contributed by atoms with E-state index in [1.807, 2.05) is 0 Å². The Morgan fingerprint density at radius 1 is 1.56 bits per heavy atom. The molecule has 1 fully saturated rings. The molecule has 3 nitrogen and oxygen atoms in total. The molecular formula is C12H21N3S. The fourth-order valence-electron chi connectivity index (χ4n) is 2.20. The van der Waals surface area contributed by atoms with E-state index in [-0.39, 0.29) is 0 Å². The molecule has 1 aliphatic heterocycles. The number of thiazole rings is 1. The van der Waals surface area contributed by atoms with E-state index in [9.17, 15) is 0 Å². The molecule has 2 N–H and O–H groups in total. The molecule has 16 heavy (non-hydrogen) atoms. The number of nitrogens with zero attached hydrogens (tertiary/aromatic N) is 2. The molecule has 0 amide bonds. The monoisotopic (exact) mass is 239 g/mol. The van der Waals surface area contributed by atoms with E-state index in [0.29, 0.717) is 12.0 Å². The maximum atomic E-state index is 6.02. The highest BCUT2D eigenvalue weighted by atomic mass is 32.1. The molecule has 0 spiro atoms. The van der Waals surface area contributed by atoms with Gasteiger partial charge in [-0.1, -0.05) is 13.8 Å². The molecule has 2 rings (SSSR count). The van der Waals surface area contributed by atoms with Crippen molar-refractivity contribution in [3.8, 4) is 0 Å². The van der Waals surface area contributed by atoms with Gasteiger partial charge in [0.05, 0.1) is 10.7 Å². The lowest BCUT2D eigenvalue weighted by Gasteiger charge is -2.12. The summed E-state index contributed by atoms with van der Waals surface area (Å²) in [5.74, 6) is 0.619. The maximum Gasteiger partial charge on any atom is 0.0928 e. The highest BCUT2D eigenvalue weighted by Gasteiger charge is 2.26. The molecule has 2 heterocycles. The molecule has 1 aromatic heterocycles. The molecule has 1 aromatic rings. The zero-order valence-corrected chi connectivity index (χ0v) is 11.0. The normalized spacial score (nSPS) is 26.4. The Morgan fingerprint density at radius 2 is 2.38 bits per heavy atom. The van der Waals surface area contributed by atoms with Crippen molar-refractivity contribution >= 4 is 11.3 Å². The minimum Gasteiger partial charge on any atom is -0.326 e. The first-order valence-electron chi connectivity index (χ1n) is 6.10. The van der Waals surface area contributed by atoms with Gasteiger partial charge in [0.25, 0.3) is 0 Å². The number of rotatable bonds is 4. The predicted octanol–water partition coefficient (Wildman–Crippen LogP) is 1.87. The zero-order chi connectivity index (χ0) is 11.5. The summed E-state index contributed by atoms with van der Waals surface area (Å²) in [6.07, 6.45) is 2.29. The number of aromatic nitrogens is 1. The quantitative estimate of drug-likeness (QED) is 0.872. The van der Waals surface area contributed by atoms with Crippen molar-refractivity contribution in [3.63, 3.8) is 0 Å². The summed E-state index contributed by atoms with van der Waals surface area (Å²) >= 11 is 1.79. The first-order chi connectivity index (χ1) is 7.69. The summed E-state index contributed by atoms with van der Waals surface area (Å²) in [4.78, 5) is 7.07. The van der Waals surface area contributed by atoms with Gasteiger partial charge in [-0.05, 0) is 18.8 Å². The Bertz CT molecular complexity index is 327. The largest absolute Gasteiger partial charge is 0.326 e. The second-order valence-corrected chi connectivity index (χ2v) is 5.76. The number of likely N-dealkylation sites (tertiary alicyclic amines) is 1. The highest BCUT2D eigenvalue weighted by Crippen LogP contribution is 2.19. The average Bonchev–Trinajstić information content (AvgIpc) is 2.77. The van der Waals surface area contributed by atoms with Crippen LogP contribution in [-0.4, -0.2) is 29.0 Å². The van der Waals surface area contributed by atoms with Crippen LogP contribution in [-0.2, 0) is 13.0 Å². The molecule has 0 aliphatic carbocycles. The molecule has 90 valence electrons. The van der Waals surface area contributed by atoms with Crippen LogP contribution in [0.3, 0.4) is 0 Å². The minimum absolute atomic E-state index is 0.341. The summed E-state index contributed by atoms with van der Waals surface area (Å²) in [6, 6.07) is 0.341. The van der Waals surface area contributed by atoms with Gasteiger partial charge >= 0.3 is 0 Å². The van der Waals surface area contributed by atoms with Crippen molar-refractivity contribution in [2.45, 2.75) is 39.3 Å². The lowest BCUT2D eigenvalue weighted by Crippen LogP contribution is -2.28. The molecule has 2 unspecified atom stereocenters. The van der Waals surface area contributed by atoms with Crippen LogP contribution in [0.5, 0.6) is 0 Å². The smallest absolute Gasteiger partial charge is 0.0928 e. The van der Waals surface area contributed by atoms with Crippen LogP contribution < -0.4 is 5.73 Å². The van der Waals surface area contributed by atoms with E-state index >= 15 is 0 Å². The van der Waals surface area contributed by atoms with Crippen LogP contribution in [0, 0.1) is 5.92 Å². The van der Waals surface area contributed by atoms with Crippen LogP contribution in [0.15, 0.2) is 5.38 Å². The lowest BCUT2D eigenvalue weighted by molar-refractivity contribution is 0.315. The molecular weight excluding hydrogens is 218 g/mol. The van der Waals surface area contributed by atoms with Crippen molar-refractivity contribution in [1.82, 2.24) is 9.88 Å². The maximum absolute atomic E-state index is 6.02. The van der Waals surface area contributed by atoms with E-state index in [4.69, 9.17) is 5.73 Å². The van der Waals surface area contributed by atoms with E-state index in [0.717, 1.165) is 26.1 Å². The van der Waals surface area contributed by atoms with Crippen LogP contribution in [0.4, 0.5) is 0 Å². The number of aryl methyl sites for hydroxylation is 1. The van der Waals surface area contributed by atoms with E-state index in [1.165, 1.54) is 17.1 Å². The molecule has 4 heteroatoms. The zero-order valence-electron chi connectivity index (χ0n) is 10.1. The van der Waals surface area contributed by atoms with Gasteiger partial charge in [0.2, 0.25) is 0 Å². The SMILES string of the molecule is CCCc1nc(CN2CC(C)C(N)C2)cs1. The van der Waals surface area contributed by atoms with Crippen molar-refractivity contribution < 1.29 is 0 Å². The second kappa shape index (κ2) is 5.25. The second-order valence-electron chi connectivity index (χ2n) is 4.82. The third kappa shape index (κ3) is 2.81. The van der Waals surface area contributed by atoms with Crippen LogP contribution in [0.25, 0.3) is 0 Å². The van der Waals surface area contributed by atoms with Gasteiger partial charge in [-0.15, -0.1) is 11.3 Å². The Hall–Kier alpha value is -0.450. The standard InChI is InChI=1S/C12H21N3S/c1-3-4-12-14-10(8-16-12)6-15-5-9(2)11(13)7-15/h8-9,11H,3-7,13H2,1-2H3. The van der Waals surface area contributed by atoms with Crippen molar-refractivity contribution in [1.29, 1.82) is 0 Å².